The van der Waals surface area contributed by atoms with Gasteiger partial charge < -0.3 is 14.7 Å². The highest BCUT2D eigenvalue weighted by molar-refractivity contribution is 7.10. The van der Waals surface area contributed by atoms with E-state index >= 15 is 0 Å². The molecule has 0 aromatic carbocycles. The summed E-state index contributed by atoms with van der Waals surface area (Å²) in [7, 11) is 0. The number of aryl methyl sites for hydroxylation is 1. The Morgan fingerprint density at radius 3 is 3.24 bits per heavy atom. The molecule has 6 heteroatoms. The summed E-state index contributed by atoms with van der Waals surface area (Å²) < 4.78 is 5.50. The van der Waals surface area contributed by atoms with Crippen molar-refractivity contribution in [2.45, 2.75) is 51.5 Å². The molecule has 1 aliphatic heterocycles. The van der Waals surface area contributed by atoms with Crippen LogP contribution < -0.4 is 5.32 Å². The third-order valence-electron chi connectivity index (χ3n) is 5.44. The van der Waals surface area contributed by atoms with Gasteiger partial charge in [-0.2, -0.15) is 0 Å². The van der Waals surface area contributed by atoms with E-state index in [1.807, 2.05) is 0 Å². The molecule has 1 atom stereocenters. The monoisotopic (exact) mass is 359 g/mol. The number of amides is 1. The second-order valence-electron chi connectivity index (χ2n) is 7.09. The molecule has 5 nitrogen and oxygen atoms in total. The normalized spacial score (nSPS) is 20.1. The number of rotatable bonds is 5. The second-order valence-corrected chi connectivity index (χ2v) is 8.09. The minimum Gasteiger partial charge on any atom is -0.355 e. The third-order valence-corrected chi connectivity index (χ3v) is 6.42. The zero-order valence-electron chi connectivity index (χ0n) is 14.7. The lowest BCUT2D eigenvalue weighted by atomic mass is 9.95. The number of carbonyl (C=O) groups excluding carboxylic acids is 1. The van der Waals surface area contributed by atoms with Crippen molar-refractivity contribution >= 4 is 17.2 Å². The van der Waals surface area contributed by atoms with Gasteiger partial charge >= 0.3 is 0 Å². The molecule has 0 radical (unpaired) electrons. The Hall–Kier alpha value is -1.66. The van der Waals surface area contributed by atoms with Crippen molar-refractivity contribution < 1.29 is 9.32 Å². The van der Waals surface area contributed by atoms with Crippen molar-refractivity contribution in [2.75, 3.05) is 19.6 Å². The molecule has 0 bridgehead atoms. The average Bonchev–Trinajstić information content (AvgIpc) is 3.25. The molecule has 25 heavy (non-hydrogen) atoms. The predicted molar refractivity (Wildman–Crippen MR) is 99.1 cm³/mol. The van der Waals surface area contributed by atoms with Gasteiger partial charge in [-0.25, -0.2) is 0 Å². The lowest BCUT2D eigenvalue weighted by Gasteiger charge is -2.33. The summed E-state index contributed by atoms with van der Waals surface area (Å²) in [6.07, 6.45) is 6.71. The minimum absolute atomic E-state index is 0.102. The van der Waals surface area contributed by atoms with Crippen LogP contribution in [0.25, 0.3) is 11.3 Å². The van der Waals surface area contributed by atoms with E-state index in [9.17, 15) is 4.79 Å². The lowest BCUT2D eigenvalue weighted by Crippen LogP contribution is -2.39. The van der Waals surface area contributed by atoms with Crippen LogP contribution in [0.1, 0.15) is 53.5 Å². The van der Waals surface area contributed by atoms with Crippen LogP contribution in [0.2, 0.25) is 0 Å². The number of nitrogens with one attached hydrogen (secondary N) is 1. The van der Waals surface area contributed by atoms with Gasteiger partial charge in [0.2, 0.25) is 0 Å². The number of nitrogens with zero attached hydrogens (tertiary/aromatic N) is 2. The average molecular weight is 359 g/mol. The van der Waals surface area contributed by atoms with E-state index in [1.165, 1.54) is 30.7 Å². The Bertz CT molecular complexity index is 752. The number of hydrogen-bond donors (Lipinski definition) is 1. The summed E-state index contributed by atoms with van der Waals surface area (Å²) in [5.74, 6) is 0.685. The Balaban J connectivity index is 1.32. The molecule has 2 aromatic heterocycles. The van der Waals surface area contributed by atoms with Crippen LogP contribution in [-0.4, -0.2) is 41.6 Å². The number of carbonyl (C=O) groups is 1. The largest absolute Gasteiger partial charge is 0.355 e. The van der Waals surface area contributed by atoms with Gasteiger partial charge in [0, 0.05) is 35.1 Å². The van der Waals surface area contributed by atoms with Crippen LogP contribution in [-0.2, 0) is 12.8 Å². The van der Waals surface area contributed by atoms with Gasteiger partial charge in [-0.3, -0.25) is 4.79 Å². The van der Waals surface area contributed by atoms with Crippen molar-refractivity contribution in [3.63, 3.8) is 0 Å². The maximum absolute atomic E-state index is 12.5. The zero-order chi connectivity index (χ0) is 17.2. The molecule has 2 aromatic rings. The minimum atomic E-state index is -0.102. The van der Waals surface area contributed by atoms with E-state index in [0.717, 1.165) is 42.7 Å². The summed E-state index contributed by atoms with van der Waals surface area (Å²) in [5, 5.41) is 9.16. The highest BCUT2D eigenvalue weighted by Gasteiger charge is 2.28. The van der Waals surface area contributed by atoms with E-state index in [1.54, 1.807) is 11.3 Å². The molecule has 134 valence electrons. The molecule has 1 aliphatic carbocycles. The molecular weight excluding hydrogens is 334 g/mol. The number of thiophene rings is 1. The zero-order valence-corrected chi connectivity index (χ0v) is 15.5. The van der Waals surface area contributed by atoms with Gasteiger partial charge in [-0.1, -0.05) is 11.6 Å². The quantitative estimate of drug-likeness (QED) is 0.830. The molecule has 1 amide bonds. The van der Waals surface area contributed by atoms with Crippen molar-refractivity contribution in [3.8, 4) is 11.3 Å². The standard InChI is InChI=1S/C19H25N3O2S/c1-13-5-2-3-10-22(13)11-4-9-20-19(23)17-15-6-7-16-14(8-12-25-16)18(15)24-21-17/h8,12-13H,2-7,9-11H2,1H3,(H,20,23)/t13-/m0/s1. The SMILES string of the molecule is C[C@H]1CCCCN1CCCNC(=O)c1noc2c1CCc1sccc1-2. The van der Waals surface area contributed by atoms with E-state index in [2.05, 4.69) is 33.7 Å². The molecular formula is C19H25N3O2S. The van der Waals surface area contributed by atoms with E-state index in [4.69, 9.17) is 4.52 Å². The van der Waals surface area contributed by atoms with Crippen LogP contribution in [0.15, 0.2) is 16.0 Å². The molecule has 2 aliphatic rings. The van der Waals surface area contributed by atoms with Gasteiger partial charge in [0.05, 0.1) is 0 Å². The van der Waals surface area contributed by atoms with Crippen molar-refractivity contribution in [3.05, 3.63) is 27.6 Å². The first kappa shape index (κ1) is 16.8. The van der Waals surface area contributed by atoms with Crippen LogP contribution in [0.5, 0.6) is 0 Å². The van der Waals surface area contributed by atoms with Crippen molar-refractivity contribution in [1.29, 1.82) is 0 Å². The molecule has 4 rings (SSSR count). The second kappa shape index (κ2) is 7.30. The molecule has 0 spiro atoms. The highest BCUT2D eigenvalue weighted by Crippen LogP contribution is 2.37. The fourth-order valence-corrected chi connectivity index (χ4v) is 4.84. The van der Waals surface area contributed by atoms with Gasteiger partial charge in [-0.15, -0.1) is 11.3 Å². The van der Waals surface area contributed by atoms with Crippen LogP contribution >= 0.6 is 11.3 Å². The summed E-state index contributed by atoms with van der Waals surface area (Å²) in [6, 6.07) is 2.73. The van der Waals surface area contributed by atoms with Crippen LogP contribution in [0, 0.1) is 0 Å². The fourth-order valence-electron chi connectivity index (χ4n) is 3.96. The van der Waals surface area contributed by atoms with E-state index in [0.29, 0.717) is 18.3 Å². The molecule has 1 fully saturated rings. The molecule has 0 unspecified atom stereocenters. The summed E-state index contributed by atoms with van der Waals surface area (Å²) in [5.41, 5.74) is 2.54. The van der Waals surface area contributed by atoms with Gasteiger partial charge in [0.15, 0.2) is 11.5 Å². The van der Waals surface area contributed by atoms with Gasteiger partial charge in [0.1, 0.15) is 0 Å². The Kier molecular flexibility index (Phi) is 4.90. The van der Waals surface area contributed by atoms with Gasteiger partial charge in [0.25, 0.3) is 5.91 Å². The number of aromatic nitrogens is 1. The molecule has 0 saturated carbocycles. The summed E-state index contributed by atoms with van der Waals surface area (Å²) >= 11 is 1.74. The predicted octanol–water partition coefficient (Wildman–Crippen LogP) is 3.50. The first-order valence-corrected chi connectivity index (χ1v) is 10.2. The maximum atomic E-state index is 12.5. The van der Waals surface area contributed by atoms with Crippen LogP contribution in [0.3, 0.4) is 0 Å². The van der Waals surface area contributed by atoms with Gasteiger partial charge in [-0.05, 0) is 57.0 Å². The topological polar surface area (TPSA) is 58.4 Å². The van der Waals surface area contributed by atoms with Crippen molar-refractivity contribution in [1.82, 2.24) is 15.4 Å². The van der Waals surface area contributed by atoms with E-state index < -0.39 is 0 Å². The third kappa shape index (κ3) is 3.37. The summed E-state index contributed by atoms with van der Waals surface area (Å²) in [6.45, 7) is 5.23. The molecule has 1 saturated heterocycles. The first-order valence-electron chi connectivity index (χ1n) is 9.31. The first-order chi connectivity index (χ1) is 12.2. The number of piperidine rings is 1. The maximum Gasteiger partial charge on any atom is 0.273 e. The number of fused-ring (bicyclic) bond motifs is 3. The molecule has 1 N–H and O–H groups in total. The Morgan fingerprint density at radius 1 is 1.44 bits per heavy atom. The Labute approximate surface area is 152 Å². The van der Waals surface area contributed by atoms with Crippen molar-refractivity contribution in [2.24, 2.45) is 0 Å². The van der Waals surface area contributed by atoms with E-state index in [-0.39, 0.29) is 5.91 Å². The molecule has 3 heterocycles. The number of hydrogen-bond acceptors (Lipinski definition) is 5. The summed E-state index contributed by atoms with van der Waals surface area (Å²) in [4.78, 5) is 16.4. The van der Waals surface area contributed by atoms with Crippen LogP contribution in [0.4, 0.5) is 0 Å². The smallest absolute Gasteiger partial charge is 0.273 e. The highest BCUT2D eigenvalue weighted by atomic mass is 32.1. The Morgan fingerprint density at radius 2 is 2.36 bits per heavy atom. The number of likely N-dealkylation sites (tertiary alicyclic amines) is 1. The lowest BCUT2D eigenvalue weighted by molar-refractivity contribution is 0.0939. The fraction of sp³-hybridized carbons (Fsp3) is 0.579.